The van der Waals surface area contributed by atoms with Gasteiger partial charge in [0.25, 0.3) is 0 Å². The fraction of sp³-hybridized carbons (Fsp3) is 0.125. The lowest BCUT2D eigenvalue weighted by Gasteiger charge is -2.12. The van der Waals surface area contributed by atoms with Crippen molar-refractivity contribution >= 4 is 45.7 Å². The van der Waals surface area contributed by atoms with Crippen LogP contribution in [0, 0.1) is 3.57 Å². The van der Waals surface area contributed by atoms with Crippen molar-refractivity contribution in [2.45, 2.75) is 6.61 Å². The largest absolute Gasteiger partial charge is 0.482 e. The molecule has 0 aliphatic heterocycles. The number of aliphatic carboxylic acids is 1. The molecule has 0 unspecified atom stereocenters. The first-order valence-electron chi connectivity index (χ1n) is 9.25. The molecule has 0 bridgehead atoms. The molecule has 3 aromatic rings. The Balaban J connectivity index is 1.73. The highest BCUT2D eigenvalue weighted by Gasteiger charge is 2.07. The summed E-state index contributed by atoms with van der Waals surface area (Å²) in [6.45, 7) is 0.314. The van der Waals surface area contributed by atoms with Gasteiger partial charge in [0.1, 0.15) is 5.75 Å². The van der Waals surface area contributed by atoms with Gasteiger partial charge in [-0.25, -0.2) is 4.79 Å². The van der Waals surface area contributed by atoms with E-state index in [9.17, 15) is 4.79 Å². The molecule has 0 saturated carbocycles. The van der Waals surface area contributed by atoms with Crippen molar-refractivity contribution in [3.63, 3.8) is 0 Å². The molecule has 1 N–H and O–H groups in total. The van der Waals surface area contributed by atoms with E-state index in [0.717, 1.165) is 22.3 Å². The van der Waals surface area contributed by atoms with Crippen LogP contribution in [0.4, 0.5) is 0 Å². The molecule has 0 fully saturated rings. The normalized spacial score (nSPS) is 11.3. The first-order valence-corrected chi connectivity index (χ1v) is 10.7. The van der Waals surface area contributed by atoms with Crippen LogP contribution in [-0.2, 0) is 16.1 Å². The van der Waals surface area contributed by atoms with Crippen molar-refractivity contribution < 1.29 is 19.4 Å². The van der Waals surface area contributed by atoms with Crippen LogP contribution in [0.1, 0.15) is 16.7 Å². The van der Waals surface area contributed by atoms with Crippen LogP contribution in [0.25, 0.3) is 5.57 Å². The molecule has 6 heteroatoms. The lowest BCUT2D eigenvalue weighted by atomic mass is 9.98. The predicted octanol–water partition coefficient (Wildman–Crippen LogP) is 6.06. The van der Waals surface area contributed by atoms with Crippen molar-refractivity contribution in [1.29, 1.82) is 0 Å². The van der Waals surface area contributed by atoms with Crippen LogP contribution in [0.2, 0.25) is 5.02 Å². The van der Waals surface area contributed by atoms with E-state index in [1.54, 1.807) is 12.1 Å². The van der Waals surface area contributed by atoms with Gasteiger partial charge in [-0.05, 0) is 69.6 Å². The quantitative estimate of drug-likeness (QED) is 0.268. The van der Waals surface area contributed by atoms with Crippen molar-refractivity contribution in [3.8, 4) is 5.75 Å². The molecule has 0 heterocycles. The summed E-state index contributed by atoms with van der Waals surface area (Å²) in [5.74, 6) is -0.502. The predicted molar refractivity (Wildman–Crippen MR) is 127 cm³/mol. The maximum absolute atomic E-state index is 10.8. The second-order valence-electron chi connectivity index (χ2n) is 6.44. The Morgan fingerprint density at radius 2 is 1.60 bits per heavy atom. The van der Waals surface area contributed by atoms with Gasteiger partial charge in [0.2, 0.25) is 0 Å². The Labute approximate surface area is 194 Å². The first-order chi connectivity index (χ1) is 14.5. The van der Waals surface area contributed by atoms with Gasteiger partial charge in [0.05, 0.1) is 13.2 Å². The Bertz CT molecular complexity index is 967. The number of carbonyl (C=O) groups is 1. The molecule has 0 atom stereocenters. The monoisotopic (exact) mass is 534 g/mol. The topological polar surface area (TPSA) is 55.8 Å². The van der Waals surface area contributed by atoms with Gasteiger partial charge in [-0.15, -0.1) is 0 Å². The van der Waals surface area contributed by atoms with Crippen molar-refractivity contribution in [3.05, 3.63) is 104 Å². The maximum atomic E-state index is 10.8. The van der Waals surface area contributed by atoms with E-state index in [2.05, 4.69) is 46.9 Å². The number of hydrogen-bond acceptors (Lipinski definition) is 3. The van der Waals surface area contributed by atoms with E-state index in [0.29, 0.717) is 24.0 Å². The zero-order valence-corrected chi connectivity index (χ0v) is 19.0. The fourth-order valence-corrected chi connectivity index (χ4v) is 3.36. The zero-order chi connectivity index (χ0) is 21.3. The van der Waals surface area contributed by atoms with E-state index >= 15 is 0 Å². The number of benzene rings is 3. The van der Waals surface area contributed by atoms with Gasteiger partial charge in [0, 0.05) is 14.2 Å². The van der Waals surface area contributed by atoms with E-state index in [1.165, 1.54) is 3.57 Å². The molecule has 0 aliphatic rings. The van der Waals surface area contributed by atoms with Crippen LogP contribution in [0.15, 0.2) is 78.9 Å². The molecule has 0 aliphatic carbocycles. The Morgan fingerprint density at radius 3 is 2.27 bits per heavy atom. The Morgan fingerprint density at radius 1 is 0.967 bits per heavy atom. The summed E-state index contributed by atoms with van der Waals surface area (Å²) in [4.78, 5) is 10.8. The summed E-state index contributed by atoms with van der Waals surface area (Å²) in [6, 6.07) is 23.3. The molecule has 0 spiro atoms. The fourth-order valence-electron chi connectivity index (χ4n) is 2.88. The first kappa shape index (κ1) is 22.3. The number of halogens is 2. The van der Waals surface area contributed by atoms with Gasteiger partial charge in [0.15, 0.2) is 6.61 Å². The van der Waals surface area contributed by atoms with E-state index < -0.39 is 5.97 Å². The summed E-state index contributed by atoms with van der Waals surface area (Å²) in [7, 11) is 0. The summed E-state index contributed by atoms with van der Waals surface area (Å²) in [5.41, 5.74) is 3.99. The molecule has 0 radical (unpaired) electrons. The van der Waals surface area contributed by atoms with Crippen LogP contribution in [0.5, 0.6) is 5.75 Å². The standard InChI is InChI=1S/C24H20ClIO4/c25-20-9-5-17(6-10-20)22(18-7-11-21(26)12-8-18)13-14-29-15-19-3-1-2-4-23(19)30-16-24(27)28/h1-13H,14-16H2,(H,27,28)/b22-13-. The minimum Gasteiger partial charge on any atom is -0.482 e. The molecule has 3 rings (SSSR count). The summed E-state index contributed by atoms with van der Waals surface area (Å²) >= 11 is 8.33. The van der Waals surface area contributed by atoms with Crippen molar-refractivity contribution in [2.75, 3.05) is 13.2 Å². The van der Waals surface area contributed by atoms with Gasteiger partial charge in [-0.2, -0.15) is 0 Å². The summed E-state index contributed by atoms with van der Waals surface area (Å²) < 4.78 is 12.4. The highest BCUT2D eigenvalue weighted by Crippen LogP contribution is 2.26. The summed E-state index contributed by atoms with van der Waals surface area (Å²) in [5, 5.41) is 9.51. The summed E-state index contributed by atoms with van der Waals surface area (Å²) in [6.07, 6.45) is 2.03. The van der Waals surface area contributed by atoms with Gasteiger partial charge in [-0.3, -0.25) is 0 Å². The molecule has 30 heavy (non-hydrogen) atoms. The Kier molecular flexibility index (Phi) is 8.30. The lowest BCUT2D eigenvalue weighted by molar-refractivity contribution is -0.139. The molecule has 3 aromatic carbocycles. The number of carboxylic acids is 1. The number of hydrogen-bond donors (Lipinski definition) is 1. The van der Waals surface area contributed by atoms with Crippen LogP contribution >= 0.6 is 34.2 Å². The SMILES string of the molecule is O=C(O)COc1ccccc1COC/C=C(/c1ccc(Cl)cc1)c1ccc(I)cc1. The van der Waals surface area contributed by atoms with Gasteiger partial charge in [-0.1, -0.05) is 60.1 Å². The molecule has 4 nitrogen and oxygen atoms in total. The van der Waals surface area contributed by atoms with Crippen molar-refractivity contribution in [1.82, 2.24) is 0 Å². The molecule has 0 amide bonds. The van der Waals surface area contributed by atoms with Gasteiger partial charge < -0.3 is 14.6 Å². The second-order valence-corrected chi connectivity index (χ2v) is 8.12. The molecule has 0 saturated heterocycles. The Hall–Kier alpha value is -2.35. The molecule has 154 valence electrons. The third kappa shape index (κ3) is 6.58. The highest BCUT2D eigenvalue weighted by atomic mass is 127. The maximum Gasteiger partial charge on any atom is 0.341 e. The van der Waals surface area contributed by atoms with Crippen molar-refractivity contribution in [2.24, 2.45) is 0 Å². The lowest BCUT2D eigenvalue weighted by Crippen LogP contribution is -2.10. The molecule has 0 aromatic heterocycles. The molecular weight excluding hydrogens is 515 g/mol. The van der Waals surface area contributed by atoms with Crippen LogP contribution < -0.4 is 4.74 Å². The average Bonchev–Trinajstić information content (AvgIpc) is 2.75. The number of carboxylic acid groups (broad SMARTS) is 1. The third-order valence-corrected chi connectivity index (χ3v) is 5.27. The van der Waals surface area contributed by atoms with Crippen LogP contribution in [-0.4, -0.2) is 24.3 Å². The highest BCUT2D eigenvalue weighted by molar-refractivity contribution is 14.1. The number of para-hydroxylation sites is 1. The minimum atomic E-state index is -1.02. The average molecular weight is 535 g/mol. The molecular formula is C24H20ClIO4. The smallest absolute Gasteiger partial charge is 0.341 e. The second kappa shape index (κ2) is 11.2. The van der Waals surface area contributed by atoms with Gasteiger partial charge >= 0.3 is 5.97 Å². The minimum absolute atomic E-state index is 0.312. The zero-order valence-electron chi connectivity index (χ0n) is 16.1. The third-order valence-electron chi connectivity index (χ3n) is 4.30. The number of ether oxygens (including phenoxy) is 2. The number of rotatable bonds is 9. The van der Waals surface area contributed by atoms with E-state index in [1.807, 2.05) is 42.5 Å². The van der Waals surface area contributed by atoms with E-state index in [-0.39, 0.29) is 6.61 Å². The van der Waals surface area contributed by atoms with E-state index in [4.69, 9.17) is 26.2 Å². The van der Waals surface area contributed by atoms with Crippen LogP contribution in [0.3, 0.4) is 0 Å².